The Bertz CT molecular complexity index is 2650. The molecule has 2 aliphatic heterocycles. The standard InChI is InChI=1S/C51H43IN4O2/c1-4-32-7-11-34(12-8-32)48-40-23-27-44(53-40)50(36-15-19-38(20-16-36)57-5-2)46-29-25-42(55-46)49(35-13-9-33(31-52)10-14-35)43-26-30-47(56-43)51(45-28-24-41(48)54-45)37-17-21-39(22-18-37)58-6-3/h7-30,53,56H,4-6,31H2,1-3H3. The Labute approximate surface area is 352 Å². The molecule has 0 saturated carbocycles. The first-order valence-electron chi connectivity index (χ1n) is 19.9. The van der Waals surface area contributed by atoms with Gasteiger partial charge in [-0.25, -0.2) is 9.97 Å². The SMILES string of the molecule is CCOc1ccc(-c2c3nc(c(-c4ccc(CI)cc4)c4ccc([nH]4)c(-c4ccc(OCC)cc4)c4nc(c(-c5ccc(CC)cc5)c5ccc2[nH]5)C=C4)C=C3)cc1. The molecule has 8 bridgehead atoms. The van der Waals surface area contributed by atoms with Gasteiger partial charge in [-0.2, -0.15) is 0 Å². The molecule has 4 aromatic carbocycles. The number of aromatic amines is 2. The van der Waals surface area contributed by atoms with Gasteiger partial charge in [-0.05, 0) is 126 Å². The fourth-order valence-electron chi connectivity index (χ4n) is 7.86. The lowest BCUT2D eigenvalue weighted by Crippen LogP contribution is -1.92. The van der Waals surface area contributed by atoms with Crippen molar-refractivity contribution in [2.75, 3.05) is 13.2 Å². The van der Waals surface area contributed by atoms with Gasteiger partial charge in [0, 0.05) is 48.7 Å². The van der Waals surface area contributed by atoms with Gasteiger partial charge in [0.1, 0.15) is 11.5 Å². The second kappa shape index (κ2) is 16.3. The number of aryl methyl sites for hydroxylation is 1. The van der Waals surface area contributed by atoms with Crippen molar-refractivity contribution in [1.82, 2.24) is 19.9 Å². The van der Waals surface area contributed by atoms with Crippen LogP contribution in [0.15, 0.2) is 121 Å². The van der Waals surface area contributed by atoms with Gasteiger partial charge >= 0.3 is 0 Å². The summed E-state index contributed by atoms with van der Waals surface area (Å²) in [5.41, 5.74) is 18.2. The number of hydrogen-bond acceptors (Lipinski definition) is 4. The molecule has 7 heteroatoms. The summed E-state index contributed by atoms with van der Waals surface area (Å²) in [6.07, 6.45) is 9.53. The molecule has 0 amide bonds. The van der Waals surface area contributed by atoms with E-state index in [2.05, 4.69) is 161 Å². The highest BCUT2D eigenvalue weighted by Crippen LogP contribution is 2.39. The molecule has 6 nitrogen and oxygen atoms in total. The average molecular weight is 871 g/mol. The monoisotopic (exact) mass is 870 g/mol. The summed E-state index contributed by atoms with van der Waals surface area (Å²) >= 11 is 2.42. The van der Waals surface area contributed by atoms with Crippen LogP contribution in [0.2, 0.25) is 0 Å². The molecule has 0 aliphatic carbocycles. The lowest BCUT2D eigenvalue weighted by Gasteiger charge is -2.08. The second-order valence-corrected chi connectivity index (χ2v) is 15.1. The Hall–Kier alpha value is -6.19. The Kier molecular flexibility index (Phi) is 10.5. The summed E-state index contributed by atoms with van der Waals surface area (Å²) in [4.78, 5) is 18.6. The topological polar surface area (TPSA) is 75.8 Å². The van der Waals surface area contributed by atoms with Gasteiger partial charge in [-0.1, -0.05) is 102 Å². The quantitative estimate of drug-likeness (QED) is 0.106. The van der Waals surface area contributed by atoms with Crippen LogP contribution >= 0.6 is 22.6 Å². The first-order chi connectivity index (χ1) is 28.5. The van der Waals surface area contributed by atoms with Crippen LogP contribution < -0.4 is 9.47 Å². The smallest absolute Gasteiger partial charge is 0.119 e. The number of hydrogen-bond donors (Lipinski definition) is 2. The van der Waals surface area contributed by atoms with Crippen molar-refractivity contribution < 1.29 is 9.47 Å². The Morgan fingerprint density at radius 1 is 0.414 bits per heavy atom. The van der Waals surface area contributed by atoms with E-state index in [9.17, 15) is 0 Å². The van der Waals surface area contributed by atoms with Crippen LogP contribution in [-0.4, -0.2) is 33.1 Å². The van der Waals surface area contributed by atoms with Crippen molar-refractivity contribution in [3.05, 3.63) is 155 Å². The van der Waals surface area contributed by atoms with Crippen LogP contribution in [0.5, 0.6) is 11.5 Å². The van der Waals surface area contributed by atoms with E-state index in [1.807, 2.05) is 38.1 Å². The highest BCUT2D eigenvalue weighted by Gasteiger charge is 2.19. The number of alkyl halides is 1. The molecule has 2 N–H and O–H groups in total. The molecule has 0 spiro atoms. The van der Waals surface area contributed by atoms with Crippen molar-refractivity contribution in [1.29, 1.82) is 0 Å². The Morgan fingerprint density at radius 2 is 0.724 bits per heavy atom. The van der Waals surface area contributed by atoms with Crippen LogP contribution in [0.25, 0.3) is 90.9 Å². The van der Waals surface area contributed by atoms with E-state index in [1.165, 1.54) is 11.1 Å². The fourth-order valence-corrected chi connectivity index (χ4v) is 8.37. The number of rotatable bonds is 10. The van der Waals surface area contributed by atoms with Gasteiger partial charge in [-0.15, -0.1) is 0 Å². The molecule has 7 aromatic rings. The Balaban J connectivity index is 1.41. The van der Waals surface area contributed by atoms with Crippen LogP contribution in [0.4, 0.5) is 0 Å². The van der Waals surface area contributed by atoms with Gasteiger partial charge in [0.25, 0.3) is 0 Å². The molecule has 2 aliphatic rings. The summed E-state index contributed by atoms with van der Waals surface area (Å²) in [7, 11) is 0. The molecular weight excluding hydrogens is 827 g/mol. The lowest BCUT2D eigenvalue weighted by molar-refractivity contribution is 0.340. The summed E-state index contributed by atoms with van der Waals surface area (Å²) in [6, 6.07) is 43.0. The summed E-state index contributed by atoms with van der Waals surface area (Å²) < 4.78 is 12.6. The largest absolute Gasteiger partial charge is 0.494 e. The molecule has 3 aromatic heterocycles. The van der Waals surface area contributed by atoms with Crippen molar-refractivity contribution >= 4 is 69.0 Å². The minimum absolute atomic E-state index is 0.607. The molecule has 5 heterocycles. The number of benzene rings is 4. The third kappa shape index (κ3) is 7.26. The van der Waals surface area contributed by atoms with E-state index < -0.39 is 0 Å². The van der Waals surface area contributed by atoms with Gasteiger partial charge in [0.15, 0.2) is 0 Å². The number of halogens is 1. The molecule has 0 saturated heterocycles. The van der Waals surface area contributed by atoms with E-state index >= 15 is 0 Å². The third-order valence-electron chi connectivity index (χ3n) is 10.7. The normalized spacial score (nSPS) is 11.9. The highest BCUT2D eigenvalue weighted by atomic mass is 127. The van der Waals surface area contributed by atoms with Crippen LogP contribution in [-0.2, 0) is 10.8 Å². The van der Waals surface area contributed by atoms with Gasteiger partial charge < -0.3 is 19.4 Å². The van der Waals surface area contributed by atoms with E-state index in [-0.39, 0.29) is 0 Å². The second-order valence-electron chi connectivity index (χ2n) is 14.3. The zero-order valence-electron chi connectivity index (χ0n) is 32.8. The van der Waals surface area contributed by atoms with Crippen molar-refractivity contribution in [2.24, 2.45) is 0 Å². The number of nitrogens with one attached hydrogen (secondary N) is 2. The average Bonchev–Trinajstić information content (AvgIpc) is 4.11. The minimum Gasteiger partial charge on any atom is -0.494 e. The van der Waals surface area contributed by atoms with E-state index in [0.717, 1.165) is 112 Å². The molecule has 0 atom stereocenters. The van der Waals surface area contributed by atoms with Crippen LogP contribution in [0.1, 0.15) is 54.7 Å². The number of nitrogens with zero attached hydrogens (tertiary/aromatic N) is 2. The fraction of sp³-hybridized carbons (Fsp3) is 0.137. The third-order valence-corrected chi connectivity index (χ3v) is 11.6. The number of fused-ring (bicyclic) bond motifs is 8. The maximum Gasteiger partial charge on any atom is 0.119 e. The predicted octanol–water partition coefficient (Wildman–Crippen LogP) is 13.6. The summed E-state index contributed by atoms with van der Waals surface area (Å²) in [6.45, 7) is 7.41. The molecule has 0 unspecified atom stereocenters. The number of aromatic nitrogens is 4. The van der Waals surface area contributed by atoms with Crippen molar-refractivity contribution in [3.8, 4) is 56.0 Å². The van der Waals surface area contributed by atoms with E-state index in [4.69, 9.17) is 19.4 Å². The summed E-state index contributed by atoms with van der Waals surface area (Å²) in [5, 5.41) is 0. The first kappa shape index (κ1) is 37.4. The first-order valence-corrected chi connectivity index (χ1v) is 21.4. The molecular formula is C51H43IN4O2. The molecule has 0 radical (unpaired) electrons. The Morgan fingerprint density at radius 3 is 1.02 bits per heavy atom. The molecule has 286 valence electrons. The lowest BCUT2D eigenvalue weighted by atomic mass is 10.0. The van der Waals surface area contributed by atoms with Gasteiger partial charge in [0.05, 0.1) is 36.0 Å². The molecule has 9 rings (SSSR count). The van der Waals surface area contributed by atoms with Gasteiger partial charge in [-0.3, -0.25) is 0 Å². The highest BCUT2D eigenvalue weighted by molar-refractivity contribution is 14.1. The summed E-state index contributed by atoms with van der Waals surface area (Å²) in [5.74, 6) is 1.67. The number of ether oxygens (including phenoxy) is 2. The van der Waals surface area contributed by atoms with E-state index in [0.29, 0.717) is 13.2 Å². The van der Waals surface area contributed by atoms with Crippen molar-refractivity contribution in [2.45, 2.75) is 31.6 Å². The van der Waals surface area contributed by atoms with Gasteiger partial charge in [0.2, 0.25) is 0 Å². The van der Waals surface area contributed by atoms with E-state index in [1.54, 1.807) is 0 Å². The molecule has 58 heavy (non-hydrogen) atoms. The number of H-pyrrole nitrogens is 2. The maximum absolute atomic E-state index is 5.84. The zero-order chi connectivity index (χ0) is 39.6. The maximum atomic E-state index is 5.84. The zero-order valence-corrected chi connectivity index (χ0v) is 34.9. The van der Waals surface area contributed by atoms with Crippen LogP contribution in [0, 0.1) is 0 Å². The van der Waals surface area contributed by atoms with Crippen molar-refractivity contribution in [3.63, 3.8) is 0 Å². The predicted molar refractivity (Wildman–Crippen MR) is 250 cm³/mol. The molecule has 0 fully saturated rings. The minimum atomic E-state index is 0.607. The van der Waals surface area contributed by atoms with Crippen LogP contribution in [0.3, 0.4) is 0 Å².